The second kappa shape index (κ2) is 18.0. The maximum absolute atomic E-state index is 10.5. The summed E-state index contributed by atoms with van der Waals surface area (Å²) in [6, 6.07) is 59.9. The highest BCUT2D eigenvalue weighted by Crippen LogP contribution is 2.42. The molecule has 0 radical (unpaired) electrons. The van der Waals surface area contributed by atoms with Gasteiger partial charge >= 0.3 is 0 Å². The normalized spacial score (nSPS) is 12.4. The minimum Gasteiger partial charge on any atom is -0.310 e. The number of nitriles is 1. The summed E-state index contributed by atoms with van der Waals surface area (Å²) in [5.74, 6) is 1.40. The van der Waals surface area contributed by atoms with E-state index in [1.807, 2.05) is 66.7 Å². The number of rotatable bonds is 6. The molecule has 0 aliphatic heterocycles. The molecule has 76 heavy (non-hydrogen) atoms. The molecule has 0 saturated heterocycles. The predicted octanol–water partition coefficient (Wildman–Crippen LogP) is 18.3. The van der Waals surface area contributed by atoms with Crippen LogP contribution < -0.4 is 0 Å². The molecule has 0 saturated carbocycles. The van der Waals surface area contributed by atoms with Gasteiger partial charge in [-0.25, -0.2) is 19.8 Å². The van der Waals surface area contributed by atoms with Gasteiger partial charge in [-0.2, -0.15) is 5.26 Å². The van der Waals surface area contributed by atoms with Crippen molar-refractivity contribution in [3.63, 3.8) is 0 Å². The minimum atomic E-state index is -0.0595. The van der Waals surface area contributed by atoms with Crippen molar-refractivity contribution in [1.82, 2.24) is 24.1 Å². The highest BCUT2D eigenvalue weighted by molar-refractivity contribution is 6.11. The van der Waals surface area contributed by atoms with E-state index in [0.29, 0.717) is 34.3 Å². The van der Waals surface area contributed by atoms with E-state index in [0.717, 1.165) is 55.7 Å². The molecule has 3 aromatic heterocycles. The van der Waals surface area contributed by atoms with Crippen LogP contribution in [0.15, 0.2) is 164 Å². The van der Waals surface area contributed by atoms with Gasteiger partial charge in [0.1, 0.15) is 0 Å². The largest absolute Gasteiger partial charge is 0.310 e. The van der Waals surface area contributed by atoms with E-state index in [9.17, 15) is 5.26 Å². The zero-order chi connectivity index (χ0) is 53.6. The topological polar surface area (TPSA) is 76.7 Å². The van der Waals surface area contributed by atoms with Gasteiger partial charge in [-0.1, -0.05) is 156 Å². The number of nitrogens with zero attached hydrogens (tertiary/aromatic N) is 7. The van der Waals surface area contributed by atoms with Crippen LogP contribution in [0, 0.1) is 17.9 Å². The number of hydrogen-bond acceptors (Lipinski definition) is 4. The van der Waals surface area contributed by atoms with Crippen LogP contribution in [0.3, 0.4) is 0 Å². The monoisotopic (exact) mass is 990 g/mol. The van der Waals surface area contributed by atoms with E-state index >= 15 is 0 Å². The van der Waals surface area contributed by atoms with Gasteiger partial charge < -0.3 is 9.13 Å². The van der Waals surface area contributed by atoms with Crippen molar-refractivity contribution >= 4 is 49.3 Å². The first kappa shape index (κ1) is 49.6. The number of benzene rings is 8. The molecule has 0 aliphatic rings. The molecule has 0 unspecified atom stereocenters. The fourth-order valence-corrected chi connectivity index (χ4v) is 10.6. The fourth-order valence-electron chi connectivity index (χ4n) is 10.6. The average molecular weight is 990 g/mol. The van der Waals surface area contributed by atoms with Gasteiger partial charge in [-0.3, -0.25) is 0 Å². The van der Waals surface area contributed by atoms with E-state index in [-0.39, 0.29) is 21.7 Å². The van der Waals surface area contributed by atoms with Crippen LogP contribution in [0.1, 0.15) is 111 Å². The standard InChI is InChI=1S/C69H63N7/c1-66(2,3)47-23-27-59-55(36-47)56-37-48(67(4,5)6)24-28-60(56)75(59)52-33-44(54-22-18-17-21-43(54)41-70)31-45(34-52)64-72-63(42-19-15-14-16-20-42)73-65(74-64)46-32-51(71-13)40-53(35-46)76-61-29-25-49(68(7,8)9)38-57(61)58-39-50(69(10,11)12)26-30-62(58)76/h14-40H,1-12H3. The Morgan fingerprint density at radius 2 is 0.763 bits per heavy atom. The Morgan fingerprint density at radius 1 is 0.395 bits per heavy atom. The maximum Gasteiger partial charge on any atom is 0.190 e. The van der Waals surface area contributed by atoms with Gasteiger partial charge in [0.25, 0.3) is 0 Å². The first-order valence-electron chi connectivity index (χ1n) is 26.3. The summed E-state index contributed by atoms with van der Waals surface area (Å²) in [4.78, 5) is 20.0. The van der Waals surface area contributed by atoms with E-state index < -0.39 is 0 Å². The molecule has 0 N–H and O–H groups in total. The maximum atomic E-state index is 10.5. The van der Waals surface area contributed by atoms with Gasteiger partial charge in [-0.15, -0.1) is 0 Å². The Bertz CT molecular complexity index is 4080. The third kappa shape index (κ3) is 8.90. The number of hydrogen-bond donors (Lipinski definition) is 0. The molecule has 11 rings (SSSR count). The van der Waals surface area contributed by atoms with Gasteiger partial charge in [-0.05, 0) is 146 Å². The Morgan fingerprint density at radius 3 is 1.17 bits per heavy atom. The van der Waals surface area contributed by atoms with Crippen molar-refractivity contribution in [2.45, 2.75) is 105 Å². The SMILES string of the molecule is [C-]#[N+]c1cc(-c2nc(-c3ccccc3)nc(-c3cc(-c4ccccc4C#N)cc(-n4c5ccc(C(C)(C)C)cc5c5cc(C(C)(C)C)ccc54)c3)n2)cc(-n2c3ccc(C(C)(C)C)cc3c3cc(C(C)(C)C)ccc32)c1. The highest BCUT2D eigenvalue weighted by Gasteiger charge is 2.25. The van der Waals surface area contributed by atoms with Gasteiger partial charge in [0.15, 0.2) is 23.2 Å². The number of aromatic nitrogens is 5. The molecule has 0 fully saturated rings. The van der Waals surface area contributed by atoms with Crippen LogP contribution in [0.25, 0.3) is 105 Å². The molecule has 374 valence electrons. The predicted molar refractivity (Wildman–Crippen MR) is 316 cm³/mol. The molecule has 7 nitrogen and oxygen atoms in total. The molecule has 0 atom stereocenters. The van der Waals surface area contributed by atoms with Crippen molar-refractivity contribution in [2.24, 2.45) is 0 Å². The van der Waals surface area contributed by atoms with E-state index in [4.69, 9.17) is 21.5 Å². The van der Waals surface area contributed by atoms with Crippen LogP contribution >= 0.6 is 0 Å². The summed E-state index contributed by atoms with van der Waals surface area (Å²) in [6.45, 7) is 35.6. The van der Waals surface area contributed by atoms with E-state index in [2.05, 4.69) is 200 Å². The molecule has 0 spiro atoms. The average Bonchev–Trinajstić information content (AvgIpc) is 3.91. The first-order chi connectivity index (χ1) is 36.1. The smallest absolute Gasteiger partial charge is 0.190 e. The molecular formula is C69H63N7. The first-order valence-corrected chi connectivity index (χ1v) is 26.3. The zero-order valence-electron chi connectivity index (χ0n) is 45.7. The lowest BCUT2D eigenvalue weighted by Crippen LogP contribution is -2.10. The summed E-state index contributed by atoms with van der Waals surface area (Å²) >= 11 is 0. The molecule has 3 heterocycles. The Hall–Kier alpha value is -8.65. The summed E-state index contributed by atoms with van der Waals surface area (Å²) in [6.07, 6.45) is 0. The van der Waals surface area contributed by atoms with E-state index in [1.165, 1.54) is 43.8 Å². The second-order valence-electron chi connectivity index (χ2n) is 24.5. The Labute approximate surface area is 447 Å². The zero-order valence-corrected chi connectivity index (χ0v) is 45.7. The quantitative estimate of drug-likeness (QED) is 0.156. The van der Waals surface area contributed by atoms with Gasteiger partial charge in [0.05, 0.1) is 40.3 Å². The van der Waals surface area contributed by atoms with Crippen LogP contribution in [-0.2, 0) is 21.7 Å². The van der Waals surface area contributed by atoms with Crippen molar-refractivity contribution in [3.8, 4) is 62.7 Å². The van der Waals surface area contributed by atoms with Crippen molar-refractivity contribution in [1.29, 1.82) is 5.26 Å². The van der Waals surface area contributed by atoms with Crippen molar-refractivity contribution in [3.05, 3.63) is 203 Å². The summed E-state index contributed by atoms with van der Waals surface area (Å²) in [7, 11) is 0. The van der Waals surface area contributed by atoms with Crippen molar-refractivity contribution < 1.29 is 0 Å². The Balaban J connectivity index is 1.18. The Kier molecular flexibility index (Phi) is 11.8. The minimum absolute atomic E-state index is 0.0521. The fraction of sp³-hybridized carbons (Fsp3) is 0.232. The van der Waals surface area contributed by atoms with Crippen LogP contribution in [-0.4, -0.2) is 24.1 Å². The third-order valence-electron chi connectivity index (χ3n) is 15.0. The summed E-state index contributed by atoms with van der Waals surface area (Å²) in [5.41, 5.74) is 15.8. The van der Waals surface area contributed by atoms with Gasteiger partial charge in [0.2, 0.25) is 0 Å². The lowest BCUT2D eigenvalue weighted by molar-refractivity contribution is 0.590. The molecule has 0 bridgehead atoms. The van der Waals surface area contributed by atoms with Crippen LogP contribution in [0.4, 0.5) is 5.69 Å². The van der Waals surface area contributed by atoms with E-state index in [1.54, 1.807) is 0 Å². The van der Waals surface area contributed by atoms with Crippen LogP contribution in [0.5, 0.6) is 0 Å². The molecule has 0 aliphatic carbocycles. The summed E-state index contributed by atoms with van der Waals surface area (Å²) in [5, 5.41) is 15.2. The number of fused-ring (bicyclic) bond motifs is 6. The molecular weight excluding hydrogens is 927 g/mol. The highest BCUT2D eigenvalue weighted by atomic mass is 15.0. The molecule has 8 aromatic carbocycles. The molecule has 7 heteroatoms. The summed E-state index contributed by atoms with van der Waals surface area (Å²) < 4.78 is 4.63. The lowest BCUT2D eigenvalue weighted by Gasteiger charge is -2.19. The van der Waals surface area contributed by atoms with Crippen LogP contribution in [0.2, 0.25) is 0 Å². The molecule has 0 amide bonds. The second-order valence-corrected chi connectivity index (χ2v) is 24.5. The third-order valence-corrected chi connectivity index (χ3v) is 15.0. The molecule has 11 aromatic rings. The lowest BCUT2D eigenvalue weighted by atomic mass is 9.85. The van der Waals surface area contributed by atoms with Gasteiger partial charge in [0, 0.05) is 49.6 Å². The van der Waals surface area contributed by atoms with Crippen molar-refractivity contribution in [2.75, 3.05) is 0 Å².